The molecule has 3 nitrogen and oxygen atoms in total. The van der Waals surface area contributed by atoms with E-state index in [-0.39, 0.29) is 12.0 Å². The molecule has 1 aromatic rings. The summed E-state index contributed by atoms with van der Waals surface area (Å²) in [7, 11) is 8.11. The van der Waals surface area contributed by atoms with E-state index >= 15 is 0 Å². The first-order valence-electron chi connectivity index (χ1n) is 10.3. The predicted molar refractivity (Wildman–Crippen MR) is 122 cm³/mol. The fourth-order valence-corrected chi connectivity index (χ4v) is 7.69. The number of carbonyl (C=O) groups excluding carboxylic acids is 1. The van der Waals surface area contributed by atoms with Crippen molar-refractivity contribution in [3.8, 4) is 0 Å². The lowest BCUT2D eigenvalue weighted by Gasteiger charge is -2.43. The Morgan fingerprint density at radius 3 is 2.68 bits per heavy atom. The minimum atomic E-state index is -0.622. The van der Waals surface area contributed by atoms with Crippen LogP contribution in [0.4, 0.5) is 0 Å². The van der Waals surface area contributed by atoms with Gasteiger partial charge in [-0.3, -0.25) is 4.79 Å². The zero-order valence-corrected chi connectivity index (χ0v) is 19.0. The standard InChI is InChI=1S/C23H33NO2S2/c1-22(16-18-27-28-22)14-9-10-17-26-21(25)23(19-11-5-4-6-12-19)15-8-7-13-20(23)24(2)3/h4-7,11-13,20H,8-10,14-18H2,1-3H3/t20-,22-,23?/m0/s1. The summed E-state index contributed by atoms with van der Waals surface area (Å²) in [6.07, 6.45) is 10.6. The van der Waals surface area contributed by atoms with E-state index < -0.39 is 5.41 Å². The van der Waals surface area contributed by atoms with Crippen molar-refractivity contribution in [2.45, 2.75) is 61.7 Å². The number of carbonyl (C=O) groups is 1. The second kappa shape index (κ2) is 9.73. The fourth-order valence-electron chi connectivity index (χ4n) is 4.40. The van der Waals surface area contributed by atoms with E-state index in [0.717, 1.165) is 31.2 Å². The second-order valence-electron chi connectivity index (χ2n) is 8.41. The molecule has 0 spiro atoms. The van der Waals surface area contributed by atoms with Crippen molar-refractivity contribution in [3.05, 3.63) is 48.0 Å². The number of hydrogen-bond acceptors (Lipinski definition) is 5. The van der Waals surface area contributed by atoms with Gasteiger partial charge in [0.15, 0.2) is 0 Å². The van der Waals surface area contributed by atoms with Crippen molar-refractivity contribution < 1.29 is 9.53 Å². The van der Waals surface area contributed by atoms with Gasteiger partial charge in [-0.2, -0.15) is 0 Å². The Kier molecular flexibility index (Phi) is 7.57. The molecule has 28 heavy (non-hydrogen) atoms. The Hall–Kier alpha value is -0.910. The van der Waals surface area contributed by atoms with Crippen LogP contribution in [0.25, 0.3) is 0 Å². The van der Waals surface area contributed by atoms with Crippen LogP contribution in [0.3, 0.4) is 0 Å². The number of ether oxygens (including phenoxy) is 1. The van der Waals surface area contributed by atoms with Gasteiger partial charge >= 0.3 is 5.97 Å². The first-order chi connectivity index (χ1) is 13.5. The highest BCUT2D eigenvalue weighted by Gasteiger charge is 2.49. The summed E-state index contributed by atoms with van der Waals surface area (Å²) in [6.45, 7) is 2.88. The number of rotatable bonds is 8. The van der Waals surface area contributed by atoms with Crippen LogP contribution in [0.2, 0.25) is 0 Å². The van der Waals surface area contributed by atoms with Crippen molar-refractivity contribution in [2.75, 3.05) is 26.5 Å². The summed E-state index contributed by atoms with van der Waals surface area (Å²) >= 11 is 0. The molecule has 0 radical (unpaired) electrons. The molecular formula is C23H33NO2S2. The first kappa shape index (κ1) is 21.8. The summed E-state index contributed by atoms with van der Waals surface area (Å²) in [5.74, 6) is 1.19. The molecule has 3 rings (SSSR count). The van der Waals surface area contributed by atoms with Gasteiger partial charge in [0.25, 0.3) is 0 Å². The lowest BCUT2D eigenvalue weighted by atomic mass is 9.68. The highest BCUT2D eigenvalue weighted by Crippen LogP contribution is 2.49. The summed E-state index contributed by atoms with van der Waals surface area (Å²) in [5.41, 5.74) is 0.443. The molecule has 2 aliphatic rings. The van der Waals surface area contributed by atoms with Gasteiger partial charge in [0.05, 0.1) is 6.61 Å². The van der Waals surface area contributed by atoms with Crippen LogP contribution in [-0.2, 0) is 14.9 Å². The molecule has 154 valence electrons. The Morgan fingerprint density at radius 2 is 2.00 bits per heavy atom. The van der Waals surface area contributed by atoms with Gasteiger partial charge in [0, 0.05) is 16.5 Å². The van der Waals surface area contributed by atoms with Crippen molar-refractivity contribution in [1.82, 2.24) is 4.90 Å². The number of unbranched alkanes of at least 4 members (excludes halogenated alkanes) is 1. The van der Waals surface area contributed by atoms with Gasteiger partial charge in [-0.25, -0.2) is 0 Å². The number of allylic oxidation sites excluding steroid dienone is 1. The molecule has 1 heterocycles. The zero-order valence-electron chi connectivity index (χ0n) is 17.4. The SMILES string of the molecule is CN(C)[C@H]1C=CCCC1(C(=O)OCCCC[C@@]1(C)CCSS1)c1ccccc1. The van der Waals surface area contributed by atoms with Gasteiger partial charge in [-0.1, -0.05) is 64.1 Å². The highest BCUT2D eigenvalue weighted by molar-refractivity contribution is 8.77. The summed E-state index contributed by atoms with van der Waals surface area (Å²) in [6, 6.07) is 10.2. The van der Waals surface area contributed by atoms with Crippen LogP contribution in [0, 0.1) is 0 Å². The Balaban J connectivity index is 1.65. The largest absolute Gasteiger partial charge is 0.465 e. The summed E-state index contributed by atoms with van der Waals surface area (Å²) in [4.78, 5) is 15.6. The van der Waals surface area contributed by atoms with Gasteiger partial charge in [-0.05, 0) is 65.1 Å². The number of likely N-dealkylation sites (N-methyl/N-ethyl adjacent to an activating group) is 1. The smallest absolute Gasteiger partial charge is 0.318 e. The third-order valence-corrected chi connectivity index (χ3v) is 9.41. The van der Waals surface area contributed by atoms with Crippen LogP contribution in [0.5, 0.6) is 0 Å². The van der Waals surface area contributed by atoms with E-state index in [0.29, 0.717) is 11.4 Å². The normalized spacial score (nSPS) is 29.9. The van der Waals surface area contributed by atoms with E-state index in [4.69, 9.17) is 4.74 Å². The van der Waals surface area contributed by atoms with Crippen molar-refractivity contribution >= 4 is 27.6 Å². The molecule has 1 unspecified atom stereocenters. The molecule has 1 saturated heterocycles. The molecule has 0 bridgehead atoms. The van der Waals surface area contributed by atoms with Gasteiger partial charge < -0.3 is 9.64 Å². The lowest BCUT2D eigenvalue weighted by Crippen LogP contribution is -2.54. The van der Waals surface area contributed by atoms with Crippen LogP contribution in [0.15, 0.2) is 42.5 Å². The topological polar surface area (TPSA) is 29.5 Å². The Bertz CT molecular complexity index is 670. The maximum atomic E-state index is 13.4. The molecular weight excluding hydrogens is 386 g/mol. The van der Waals surface area contributed by atoms with Crippen LogP contribution in [0.1, 0.15) is 51.0 Å². The van der Waals surface area contributed by atoms with Crippen molar-refractivity contribution in [3.63, 3.8) is 0 Å². The molecule has 5 heteroatoms. The second-order valence-corrected chi connectivity index (χ2v) is 11.4. The average Bonchev–Trinajstić information content (AvgIpc) is 3.14. The number of esters is 1. The van der Waals surface area contributed by atoms with Gasteiger partial charge in [0.1, 0.15) is 5.41 Å². The fraction of sp³-hybridized carbons (Fsp3) is 0.609. The average molecular weight is 420 g/mol. The quantitative estimate of drug-likeness (QED) is 0.241. The Morgan fingerprint density at radius 1 is 1.21 bits per heavy atom. The molecule has 0 N–H and O–H groups in total. The minimum absolute atomic E-state index is 0.0157. The van der Waals surface area contributed by atoms with Crippen molar-refractivity contribution in [1.29, 1.82) is 0 Å². The van der Waals surface area contributed by atoms with E-state index in [1.165, 1.54) is 18.6 Å². The molecule has 0 amide bonds. The molecule has 1 aromatic carbocycles. The molecule has 1 aliphatic heterocycles. The van der Waals surface area contributed by atoms with Crippen molar-refractivity contribution in [2.24, 2.45) is 0 Å². The number of hydrogen-bond donors (Lipinski definition) is 0. The lowest BCUT2D eigenvalue weighted by molar-refractivity contribution is -0.153. The maximum absolute atomic E-state index is 13.4. The molecule has 1 fully saturated rings. The van der Waals surface area contributed by atoms with Gasteiger partial charge in [0.2, 0.25) is 0 Å². The summed E-state index contributed by atoms with van der Waals surface area (Å²) < 4.78 is 6.31. The third kappa shape index (κ3) is 4.80. The van der Waals surface area contributed by atoms with Gasteiger partial charge in [-0.15, -0.1) is 0 Å². The third-order valence-electron chi connectivity index (χ3n) is 6.05. The number of benzene rings is 1. The van der Waals surface area contributed by atoms with Crippen LogP contribution >= 0.6 is 21.6 Å². The van der Waals surface area contributed by atoms with E-state index in [1.807, 2.05) is 53.9 Å². The molecule has 0 saturated carbocycles. The van der Waals surface area contributed by atoms with Crippen LogP contribution in [-0.4, -0.2) is 48.1 Å². The summed E-state index contributed by atoms with van der Waals surface area (Å²) in [5, 5.41) is 0. The number of nitrogens with zero attached hydrogens (tertiary/aromatic N) is 1. The monoisotopic (exact) mass is 419 g/mol. The molecule has 3 atom stereocenters. The minimum Gasteiger partial charge on any atom is -0.465 e. The van der Waals surface area contributed by atoms with E-state index in [9.17, 15) is 4.79 Å². The van der Waals surface area contributed by atoms with Crippen LogP contribution < -0.4 is 0 Å². The first-order valence-corrected chi connectivity index (χ1v) is 12.7. The zero-order chi connectivity index (χ0) is 20.0. The highest BCUT2D eigenvalue weighted by atomic mass is 33.1. The maximum Gasteiger partial charge on any atom is 0.318 e. The van der Waals surface area contributed by atoms with E-state index in [2.05, 4.69) is 36.1 Å². The Labute approximate surface area is 178 Å². The van der Waals surface area contributed by atoms with E-state index in [1.54, 1.807) is 0 Å². The molecule has 1 aliphatic carbocycles. The molecule has 0 aromatic heterocycles. The predicted octanol–water partition coefficient (Wildman–Crippen LogP) is 5.46.